The van der Waals surface area contributed by atoms with Gasteiger partial charge in [0.05, 0.1) is 24.4 Å². The van der Waals surface area contributed by atoms with Crippen molar-refractivity contribution in [2.75, 3.05) is 25.0 Å². The maximum Gasteiger partial charge on any atom is 0.228 e. The molecule has 0 radical (unpaired) electrons. The van der Waals surface area contributed by atoms with Gasteiger partial charge in [-0.2, -0.15) is 5.10 Å². The molecule has 3 heterocycles. The van der Waals surface area contributed by atoms with Crippen molar-refractivity contribution in [1.29, 1.82) is 0 Å². The van der Waals surface area contributed by atoms with Crippen molar-refractivity contribution in [2.24, 2.45) is 7.05 Å². The van der Waals surface area contributed by atoms with E-state index in [0.29, 0.717) is 25.2 Å². The molecule has 1 amide bonds. The molecule has 0 spiro atoms. The molecule has 148 valence electrons. The number of pyridine rings is 1. The number of carbonyl (C=O) groups is 1. The van der Waals surface area contributed by atoms with Crippen LogP contribution in [0.5, 0.6) is 0 Å². The van der Waals surface area contributed by atoms with Gasteiger partial charge in [-0.3, -0.25) is 9.78 Å². The Morgan fingerprint density at radius 3 is 2.82 bits per heavy atom. The smallest absolute Gasteiger partial charge is 0.228 e. The second-order valence-electron chi connectivity index (χ2n) is 6.17. The van der Waals surface area contributed by atoms with Crippen LogP contribution in [0.25, 0.3) is 5.69 Å². The highest BCUT2D eigenvalue weighted by molar-refractivity contribution is 7.96. The average molecular weight is 420 g/mol. The summed E-state index contributed by atoms with van der Waals surface area (Å²) in [6.45, 7) is 3.02. The molecular formula is C18H22ClN7OS. The van der Waals surface area contributed by atoms with Crippen LogP contribution < -0.4 is 4.90 Å². The lowest BCUT2D eigenvalue weighted by Crippen LogP contribution is -2.32. The minimum Gasteiger partial charge on any atom is -0.339 e. The molecule has 0 N–H and O–H groups in total. The molecule has 0 aromatic carbocycles. The molecule has 3 rings (SSSR count). The number of imidazole rings is 1. The number of hydrogen-bond donors (Lipinski definition) is 0. The fourth-order valence-corrected chi connectivity index (χ4v) is 3.70. The van der Waals surface area contributed by atoms with E-state index in [2.05, 4.69) is 15.1 Å². The summed E-state index contributed by atoms with van der Waals surface area (Å²) < 4.78 is 5.51. The second kappa shape index (κ2) is 9.22. The fourth-order valence-electron chi connectivity index (χ4n) is 2.66. The molecule has 0 aliphatic rings. The van der Waals surface area contributed by atoms with Crippen molar-refractivity contribution in [3.63, 3.8) is 0 Å². The predicted octanol–water partition coefficient (Wildman–Crippen LogP) is 3.04. The van der Waals surface area contributed by atoms with Gasteiger partial charge in [-0.25, -0.2) is 14.0 Å². The van der Waals surface area contributed by atoms with Gasteiger partial charge in [0.1, 0.15) is 10.7 Å². The number of hydrogen-bond acceptors (Lipinski definition) is 6. The zero-order valence-electron chi connectivity index (χ0n) is 16.0. The third kappa shape index (κ3) is 4.92. The van der Waals surface area contributed by atoms with Gasteiger partial charge in [0.25, 0.3) is 0 Å². The zero-order valence-corrected chi connectivity index (χ0v) is 17.6. The third-order valence-corrected chi connectivity index (χ3v) is 5.20. The summed E-state index contributed by atoms with van der Waals surface area (Å²) in [5.74, 6) is -0.0105. The summed E-state index contributed by atoms with van der Waals surface area (Å²) in [5.41, 5.74) is 1.38. The molecule has 0 bridgehead atoms. The molecule has 3 aromatic heterocycles. The lowest BCUT2D eigenvalue weighted by Gasteiger charge is -2.21. The van der Waals surface area contributed by atoms with Crippen LogP contribution in [0.2, 0.25) is 5.15 Å². The molecule has 0 aliphatic carbocycles. The van der Waals surface area contributed by atoms with E-state index in [1.54, 1.807) is 34.5 Å². The van der Waals surface area contributed by atoms with Crippen LogP contribution in [0.4, 0.5) is 5.69 Å². The van der Waals surface area contributed by atoms with Crippen LogP contribution in [-0.4, -0.2) is 54.7 Å². The highest BCUT2D eigenvalue weighted by Crippen LogP contribution is 2.27. The highest BCUT2D eigenvalue weighted by atomic mass is 35.5. The highest BCUT2D eigenvalue weighted by Gasteiger charge is 2.20. The maximum atomic E-state index is 12.8. The van der Waals surface area contributed by atoms with Gasteiger partial charge in [0, 0.05) is 39.0 Å². The number of halogens is 1. The van der Waals surface area contributed by atoms with Gasteiger partial charge in [0.2, 0.25) is 5.91 Å². The molecule has 3 aromatic rings. The van der Waals surface area contributed by atoms with Crippen LogP contribution in [0.3, 0.4) is 0 Å². The number of rotatable bonds is 8. The molecule has 0 fully saturated rings. The zero-order chi connectivity index (χ0) is 20.1. The van der Waals surface area contributed by atoms with Gasteiger partial charge >= 0.3 is 0 Å². The van der Waals surface area contributed by atoms with E-state index in [9.17, 15) is 4.79 Å². The maximum absolute atomic E-state index is 12.8. The van der Waals surface area contributed by atoms with Gasteiger partial charge in [0.15, 0.2) is 5.15 Å². The van der Waals surface area contributed by atoms with Crippen molar-refractivity contribution in [2.45, 2.75) is 18.4 Å². The molecule has 0 atom stereocenters. The Hall–Kier alpha value is -2.36. The Labute approximate surface area is 173 Å². The lowest BCUT2D eigenvalue weighted by molar-refractivity contribution is -0.118. The number of nitrogens with zero attached hydrogens (tertiary/aromatic N) is 7. The number of aryl methyl sites for hydroxylation is 1. The van der Waals surface area contributed by atoms with E-state index in [-0.39, 0.29) is 11.1 Å². The molecule has 0 saturated heterocycles. The SMILES string of the molecule is CCN(C(=O)CCN(C)Sc1cn(C)cn1)c1cn(-c2cccnc2)nc1Cl. The minimum absolute atomic E-state index is 0.0105. The normalized spacial score (nSPS) is 11.2. The van der Waals surface area contributed by atoms with Crippen molar-refractivity contribution in [1.82, 2.24) is 28.6 Å². The summed E-state index contributed by atoms with van der Waals surface area (Å²) in [6, 6.07) is 3.70. The van der Waals surface area contributed by atoms with E-state index >= 15 is 0 Å². The van der Waals surface area contributed by atoms with E-state index in [0.717, 1.165) is 10.7 Å². The first-order valence-electron chi connectivity index (χ1n) is 8.81. The average Bonchev–Trinajstić information content (AvgIpc) is 3.27. The number of amides is 1. The van der Waals surface area contributed by atoms with E-state index in [1.165, 1.54) is 11.9 Å². The standard InChI is InChI=1S/C18H22ClN7OS/c1-4-25(15-11-26(22-18(15)19)14-6-5-8-20-10-14)17(27)7-9-24(3)28-16-12-23(2)13-21-16/h5-6,8,10-13H,4,7,9H2,1-3H3. The largest absolute Gasteiger partial charge is 0.339 e. The minimum atomic E-state index is -0.0105. The first kappa shape index (κ1) is 20.4. The van der Waals surface area contributed by atoms with E-state index < -0.39 is 0 Å². The predicted molar refractivity (Wildman–Crippen MR) is 111 cm³/mol. The molecule has 0 aliphatic heterocycles. The third-order valence-electron chi connectivity index (χ3n) is 4.04. The fraction of sp³-hybridized carbons (Fsp3) is 0.333. The van der Waals surface area contributed by atoms with Crippen LogP contribution in [0.1, 0.15) is 13.3 Å². The van der Waals surface area contributed by atoms with Crippen LogP contribution >= 0.6 is 23.5 Å². The Balaban J connectivity index is 1.64. The second-order valence-corrected chi connectivity index (χ2v) is 7.75. The van der Waals surface area contributed by atoms with Crippen molar-refractivity contribution >= 4 is 35.1 Å². The van der Waals surface area contributed by atoms with E-state index in [1.807, 2.05) is 48.2 Å². The molecule has 10 heteroatoms. The quantitative estimate of drug-likeness (QED) is 0.522. The number of carbonyl (C=O) groups excluding carboxylic acids is 1. The Bertz CT molecular complexity index is 927. The van der Waals surface area contributed by atoms with Crippen molar-refractivity contribution in [3.8, 4) is 5.69 Å². The summed E-state index contributed by atoms with van der Waals surface area (Å²) >= 11 is 7.82. The lowest BCUT2D eigenvalue weighted by atomic mass is 10.3. The summed E-state index contributed by atoms with van der Waals surface area (Å²) in [5, 5.41) is 5.49. The molecule has 8 nitrogen and oxygen atoms in total. The number of aromatic nitrogens is 5. The van der Waals surface area contributed by atoms with E-state index in [4.69, 9.17) is 11.6 Å². The molecule has 0 saturated carbocycles. The van der Waals surface area contributed by atoms with Crippen LogP contribution in [-0.2, 0) is 11.8 Å². The summed E-state index contributed by atoms with van der Waals surface area (Å²) in [6.07, 6.45) is 9.19. The summed E-state index contributed by atoms with van der Waals surface area (Å²) in [4.78, 5) is 22.8. The van der Waals surface area contributed by atoms with Crippen molar-refractivity contribution < 1.29 is 4.79 Å². The first-order valence-corrected chi connectivity index (χ1v) is 9.96. The number of anilines is 1. The van der Waals surface area contributed by atoms with Crippen LogP contribution in [0.15, 0.2) is 48.3 Å². The Kier molecular flexibility index (Phi) is 6.71. The molecular weight excluding hydrogens is 398 g/mol. The van der Waals surface area contributed by atoms with Gasteiger partial charge in [-0.1, -0.05) is 11.6 Å². The van der Waals surface area contributed by atoms with Gasteiger partial charge in [-0.15, -0.1) is 0 Å². The Morgan fingerprint density at radius 2 is 2.18 bits per heavy atom. The van der Waals surface area contributed by atoms with Crippen LogP contribution in [0, 0.1) is 0 Å². The molecule has 0 unspecified atom stereocenters. The Morgan fingerprint density at radius 1 is 1.36 bits per heavy atom. The topological polar surface area (TPSA) is 72.1 Å². The molecule has 28 heavy (non-hydrogen) atoms. The van der Waals surface area contributed by atoms with Crippen molar-refractivity contribution in [3.05, 3.63) is 48.4 Å². The first-order chi connectivity index (χ1) is 13.5. The van der Waals surface area contributed by atoms with Gasteiger partial charge in [-0.05, 0) is 38.1 Å². The monoisotopic (exact) mass is 419 g/mol. The summed E-state index contributed by atoms with van der Waals surface area (Å²) in [7, 11) is 3.87. The van der Waals surface area contributed by atoms with Gasteiger partial charge < -0.3 is 9.47 Å².